The molecule has 26 heavy (non-hydrogen) atoms. The predicted molar refractivity (Wildman–Crippen MR) is 105 cm³/mol. The Hall–Kier alpha value is -1.41. The molecule has 1 aliphatic heterocycles. The largest absolute Gasteiger partial charge is 0.497 e. The number of benzene rings is 1. The van der Waals surface area contributed by atoms with E-state index in [4.69, 9.17) is 15.2 Å². The fourth-order valence-corrected chi connectivity index (χ4v) is 5.21. The second-order valence-corrected chi connectivity index (χ2v) is 8.47. The van der Waals surface area contributed by atoms with Crippen LogP contribution >= 0.6 is 23.7 Å². The summed E-state index contributed by atoms with van der Waals surface area (Å²) in [5.41, 5.74) is 6.13. The number of aromatic nitrogens is 1. The number of thiazole rings is 1. The molecule has 0 spiro atoms. The Kier molecular flexibility index (Phi) is 4.94. The second kappa shape index (κ2) is 6.64. The van der Waals surface area contributed by atoms with Gasteiger partial charge in [-0.05, 0) is 31.0 Å². The molecule has 1 amide bonds. The third-order valence-electron chi connectivity index (χ3n) is 5.88. The molecular formula is C18H24ClN3O3S. The molecule has 4 rings (SSSR count). The molecule has 1 aliphatic carbocycles. The molecule has 3 N–H and O–H groups in total. The van der Waals surface area contributed by atoms with E-state index in [0.717, 1.165) is 35.4 Å². The quantitative estimate of drug-likeness (QED) is 0.830. The minimum absolute atomic E-state index is 0. The number of rotatable bonds is 3. The topological polar surface area (TPSA) is 86.5 Å². The molecule has 2 fully saturated rings. The highest BCUT2D eigenvalue weighted by molar-refractivity contribution is 7.22. The molecule has 1 aromatic heterocycles. The number of fused-ring (bicyclic) bond motifs is 2. The zero-order valence-corrected chi connectivity index (χ0v) is 16.7. The van der Waals surface area contributed by atoms with Crippen LogP contribution in [0.3, 0.4) is 0 Å². The minimum Gasteiger partial charge on any atom is -0.497 e. The number of carbonyl (C=O) groups excluding carboxylic acids is 1. The lowest BCUT2D eigenvalue weighted by Gasteiger charge is -2.64. The summed E-state index contributed by atoms with van der Waals surface area (Å²) in [5.74, 6) is 0.660. The number of hydrogen-bond donors (Lipinski definition) is 2. The predicted octanol–water partition coefficient (Wildman–Crippen LogP) is 3.20. The Morgan fingerprint density at radius 3 is 2.96 bits per heavy atom. The normalized spacial score (nSPS) is 29.2. The number of anilines is 1. The van der Waals surface area contributed by atoms with Crippen LogP contribution < -0.4 is 15.8 Å². The molecular weight excluding hydrogens is 374 g/mol. The van der Waals surface area contributed by atoms with Crippen LogP contribution in [-0.2, 0) is 9.53 Å². The summed E-state index contributed by atoms with van der Waals surface area (Å²) in [4.78, 5) is 17.5. The first-order chi connectivity index (χ1) is 11.9. The number of nitrogens with one attached hydrogen (secondary N) is 1. The summed E-state index contributed by atoms with van der Waals surface area (Å²) in [6, 6.07) is 5.66. The minimum atomic E-state index is -0.937. The van der Waals surface area contributed by atoms with Gasteiger partial charge in [-0.1, -0.05) is 25.2 Å². The molecule has 0 radical (unpaired) electrons. The number of ether oxygens (including phenoxy) is 2. The summed E-state index contributed by atoms with van der Waals surface area (Å²) in [5, 5.41) is 3.51. The molecule has 3 unspecified atom stereocenters. The number of nitrogens with zero attached hydrogens (tertiary/aromatic N) is 1. The highest BCUT2D eigenvalue weighted by atomic mass is 35.5. The molecule has 2 aromatic rings. The van der Waals surface area contributed by atoms with Crippen molar-refractivity contribution < 1.29 is 14.3 Å². The SMILES string of the molecule is COc1ccc2nc(NC(=O)C3(N)C4CCCOC4C3(C)C)sc2c1.Cl. The first-order valence-corrected chi connectivity index (χ1v) is 9.36. The standard InChI is InChI=1S/C18H23N3O3S.ClH/c1-17(2)14-11(5-4-8-24-14)18(17,19)15(22)21-16-20-12-7-6-10(23-3)9-13(12)25-16;/h6-7,9,11,14H,4-5,8,19H2,1-3H3,(H,20,21,22);1H. The lowest BCUT2D eigenvalue weighted by Crippen LogP contribution is -2.81. The van der Waals surface area contributed by atoms with E-state index in [2.05, 4.69) is 10.3 Å². The van der Waals surface area contributed by atoms with Gasteiger partial charge in [-0.15, -0.1) is 12.4 Å². The van der Waals surface area contributed by atoms with E-state index in [1.807, 2.05) is 32.0 Å². The van der Waals surface area contributed by atoms with E-state index in [9.17, 15) is 4.79 Å². The smallest absolute Gasteiger partial charge is 0.247 e. The van der Waals surface area contributed by atoms with Crippen LogP contribution in [0.5, 0.6) is 5.75 Å². The first kappa shape index (κ1) is 19.4. The van der Waals surface area contributed by atoms with Crippen molar-refractivity contribution in [2.45, 2.75) is 38.3 Å². The van der Waals surface area contributed by atoms with Gasteiger partial charge in [0.05, 0.1) is 23.4 Å². The molecule has 1 saturated carbocycles. The summed E-state index contributed by atoms with van der Waals surface area (Å²) >= 11 is 1.43. The van der Waals surface area contributed by atoms with E-state index >= 15 is 0 Å². The summed E-state index contributed by atoms with van der Waals surface area (Å²) in [6.45, 7) is 4.78. The van der Waals surface area contributed by atoms with Crippen molar-refractivity contribution in [3.05, 3.63) is 18.2 Å². The Bertz CT molecular complexity index is 840. The van der Waals surface area contributed by atoms with E-state index in [0.29, 0.717) is 5.13 Å². The Morgan fingerprint density at radius 2 is 2.23 bits per heavy atom. The van der Waals surface area contributed by atoms with Gasteiger partial charge in [0.1, 0.15) is 11.3 Å². The third kappa shape index (κ3) is 2.60. The molecule has 0 bridgehead atoms. The summed E-state index contributed by atoms with van der Waals surface area (Å²) in [6.07, 6.45) is 1.93. The van der Waals surface area contributed by atoms with E-state index < -0.39 is 11.0 Å². The van der Waals surface area contributed by atoms with Crippen molar-refractivity contribution in [3.63, 3.8) is 0 Å². The molecule has 142 valence electrons. The van der Waals surface area contributed by atoms with Crippen molar-refractivity contribution in [1.82, 2.24) is 4.98 Å². The van der Waals surface area contributed by atoms with Gasteiger partial charge in [0, 0.05) is 17.9 Å². The molecule has 2 aliphatic rings. The average molecular weight is 398 g/mol. The molecule has 8 heteroatoms. The van der Waals surface area contributed by atoms with Gasteiger partial charge in [-0.2, -0.15) is 0 Å². The van der Waals surface area contributed by atoms with Gasteiger partial charge < -0.3 is 20.5 Å². The maximum atomic E-state index is 13.0. The van der Waals surface area contributed by atoms with Crippen molar-refractivity contribution in [3.8, 4) is 5.75 Å². The number of nitrogens with two attached hydrogens (primary N) is 1. The highest BCUT2D eigenvalue weighted by Crippen LogP contribution is 2.57. The van der Waals surface area contributed by atoms with Gasteiger partial charge in [0.2, 0.25) is 5.91 Å². The first-order valence-electron chi connectivity index (χ1n) is 8.54. The van der Waals surface area contributed by atoms with Crippen molar-refractivity contribution in [2.24, 2.45) is 17.1 Å². The number of methoxy groups -OCH3 is 1. The molecule has 2 heterocycles. The zero-order chi connectivity index (χ0) is 17.8. The summed E-state index contributed by atoms with van der Waals surface area (Å²) < 4.78 is 12.1. The van der Waals surface area contributed by atoms with Crippen LogP contribution in [0, 0.1) is 11.3 Å². The zero-order valence-electron chi connectivity index (χ0n) is 15.1. The van der Waals surface area contributed by atoms with Crippen LogP contribution in [0.15, 0.2) is 18.2 Å². The van der Waals surface area contributed by atoms with Crippen LogP contribution in [0.2, 0.25) is 0 Å². The Morgan fingerprint density at radius 1 is 1.46 bits per heavy atom. The van der Waals surface area contributed by atoms with E-state index in [1.165, 1.54) is 11.3 Å². The van der Waals surface area contributed by atoms with Crippen LogP contribution in [0.4, 0.5) is 5.13 Å². The third-order valence-corrected chi connectivity index (χ3v) is 6.81. The monoisotopic (exact) mass is 397 g/mol. The fraction of sp³-hybridized carbons (Fsp3) is 0.556. The van der Waals surface area contributed by atoms with Crippen molar-refractivity contribution in [2.75, 3.05) is 19.0 Å². The van der Waals surface area contributed by atoms with Gasteiger partial charge in [-0.3, -0.25) is 4.79 Å². The maximum absolute atomic E-state index is 13.0. The molecule has 1 aromatic carbocycles. The lowest BCUT2D eigenvalue weighted by molar-refractivity contribution is -0.222. The van der Waals surface area contributed by atoms with Crippen LogP contribution in [0.25, 0.3) is 10.2 Å². The second-order valence-electron chi connectivity index (χ2n) is 7.44. The van der Waals surface area contributed by atoms with Gasteiger partial charge in [0.25, 0.3) is 0 Å². The summed E-state index contributed by atoms with van der Waals surface area (Å²) in [7, 11) is 1.63. The maximum Gasteiger partial charge on any atom is 0.247 e. The average Bonchev–Trinajstić information content (AvgIpc) is 3.01. The molecule has 3 atom stereocenters. The Balaban J connectivity index is 0.00000196. The Labute approximate surface area is 162 Å². The van der Waals surface area contributed by atoms with Crippen molar-refractivity contribution in [1.29, 1.82) is 0 Å². The van der Waals surface area contributed by atoms with Gasteiger partial charge in [0.15, 0.2) is 5.13 Å². The number of halogens is 1. The van der Waals surface area contributed by atoms with Gasteiger partial charge >= 0.3 is 0 Å². The van der Waals surface area contributed by atoms with E-state index in [1.54, 1.807) is 7.11 Å². The number of hydrogen-bond acceptors (Lipinski definition) is 6. The van der Waals surface area contributed by atoms with Crippen molar-refractivity contribution >= 4 is 45.0 Å². The van der Waals surface area contributed by atoms with Crippen LogP contribution in [0.1, 0.15) is 26.7 Å². The molecule has 6 nitrogen and oxygen atoms in total. The van der Waals surface area contributed by atoms with Crippen LogP contribution in [-0.4, -0.2) is 36.3 Å². The fourth-order valence-electron chi connectivity index (χ4n) is 4.32. The lowest BCUT2D eigenvalue weighted by atomic mass is 9.46. The van der Waals surface area contributed by atoms with Gasteiger partial charge in [-0.25, -0.2) is 4.98 Å². The van der Waals surface area contributed by atoms with E-state index in [-0.39, 0.29) is 30.3 Å². The number of amides is 1. The highest BCUT2D eigenvalue weighted by Gasteiger charge is 2.70. The number of carbonyl (C=O) groups is 1. The molecule has 1 saturated heterocycles.